The average Bonchev–Trinajstić information content (AvgIpc) is 2.97. The summed E-state index contributed by atoms with van der Waals surface area (Å²) in [6.45, 7) is 2.16. The van der Waals surface area contributed by atoms with Gasteiger partial charge in [0.05, 0.1) is 24.3 Å². The fraction of sp³-hybridized carbons (Fsp3) is 0.250. The van der Waals surface area contributed by atoms with Crippen molar-refractivity contribution in [3.63, 3.8) is 0 Å². The van der Waals surface area contributed by atoms with Crippen LogP contribution in [-0.2, 0) is 11.2 Å². The molecule has 3 N–H and O–H groups in total. The Kier molecular flexibility index (Phi) is 5.28. The average molecular weight is 336 g/mol. The molecule has 2 aromatic rings. The molecule has 0 radical (unpaired) electrons. The Morgan fingerprint density at radius 2 is 2.09 bits per heavy atom. The monoisotopic (exact) mass is 335 g/mol. The second kappa shape index (κ2) is 7.19. The molecule has 122 valence electrons. The Bertz CT molecular complexity index is 691. The number of amides is 1. The number of fused-ring (bicyclic) bond motifs is 1. The normalized spacial score (nSPS) is 13.1. The summed E-state index contributed by atoms with van der Waals surface area (Å²) < 4.78 is 10.6. The van der Waals surface area contributed by atoms with Crippen LogP contribution < -0.4 is 20.5 Å². The minimum Gasteiger partial charge on any atom is -0.454 e. The number of carbonyl (C=O) groups excluding carboxylic acids is 1. The number of rotatable bonds is 4. The fourth-order valence-corrected chi connectivity index (χ4v) is 2.26. The summed E-state index contributed by atoms with van der Waals surface area (Å²) >= 11 is 0. The number of halogens is 1. The van der Waals surface area contributed by atoms with Crippen molar-refractivity contribution < 1.29 is 14.3 Å². The van der Waals surface area contributed by atoms with Crippen LogP contribution in [-0.4, -0.2) is 17.7 Å². The Morgan fingerprint density at radius 1 is 1.30 bits per heavy atom. The molecular weight excluding hydrogens is 318 g/mol. The van der Waals surface area contributed by atoms with Crippen molar-refractivity contribution in [1.82, 2.24) is 10.3 Å². The van der Waals surface area contributed by atoms with Crippen LogP contribution >= 0.6 is 12.4 Å². The summed E-state index contributed by atoms with van der Waals surface area (Å²) in [5, 5.41) is 2.94. The molecule has 23 heavy (non-hydrogen) atoms. The van der Waals surface area contributed by atoms with E-state index in [1.54, 1.807) is 18.3 Å². The van der Waals surface area contributed by atoms with E-state index >= 15 is 0 Å². The third-order valence-electron chi connectivity index (χ3n) is 3.46. The van der Waals surface area contributed by atoms with Gasteiger partial charge in [-0.15, -0.1) is 12.4 Å². The van der Waals surface area contributed by atoms with Crippen LogP contribution in [0.5, 0.6) is 11.5 Å². The van der Waals surface area contributed by atoms with Crippen LogP contribution in [0, 0.1) is 0 Å². The van der Waals surface area contributed by atoms with Gasteiger partial charge in [-0.2, -0.15) is 0 Å². The van der Waals surface area contributed by atoms with E-state index in [0.717, 1.165) is 11.3 Å². The molecule has 1 unspecified atom stereocenters. The minimum atomic E-state index is -0.129. The summed E-state index contributed by atoms with van der Waals surface area (Å²) in [6, 6.07) is 9.00. The van der Waals surface area contributed by atoms with E-state index in [-0.39, 0.29) is 37.6 Å². The number of nitrogens with two attached hydrogens (primary N) is 1. The molecule has 3 rings (SSSR count). The second-order valence-electron chi connectivity index (χ2n) is 5.16. The Morgan fingerprint density at radius 3 is 2.83 bits per heavy atom. The zero-order chi connectivity index (χ0) is 15.5. The number of benzene rings is 1. The van der Waals surface area contributed by atoms with E-state index in [4.69, 9.17) is 15.2 Å². The standard InChI is InChI=1S/C16H17N3O3.ClH/c1-10(11-2-5-14-15(6-11)22-9-21-14)19-16(20)7-13-4-3-12(17)8-18-13;/h2-6,8,10H,7,9,17H2,1H3,(H,19,20);1H. The molecule has 1 amide bonds. The summed E-state index contributed by atoms with van der Waals surface area (Å²) in [5.74, 6) is 1.34. The van der Waals surface area contributed by atoms with Gasteiger partial charge >= 0.3 is 0 Å². The molecule has 0 spiro atoms. The molecule has 1 aliphatic heterocycles. The van der Waals surface area contributed by atoms with E-state index in [1.165, 1.54) is 0 Å². The maximum Gasteiger partial charge on any atom is 0.231 e. The molecular formula is C16H18ClN3O3. The maximum atomic E-state index is 12.1. The van der Waals surface area contributed by atoms with Crippen molar-refractivity contribution in [3.05, 3.63) is 47.8 Å². The first-order valence-corrected chi connectivity index (χ1v) is 7.01. The number of nitrogens with zero attached hydrogens (tertiary/aromatic N) is 1. The fourth-order valence-electron chi connectivity index (χ4n) is 2.26. The van der Waals surface area contributed by atoms with Gasteiger partial charge in [-0.05, 0) is 36.8 Å². The van der Waals surface area contributed by atoms with Crippen molar-refractivity contribution >= 4 is 24.0 Å². The van der Waals surface area contributed by atoms with Crippen molar-refractivity contribution in [3.8, 4) is 11.5 Å². The molecule has 1 aromatic carbocycles. The summed E-state index contributed by atoms with van der Waals surface area (Å²) in [4.78, 5) is 16.2. The SMILES string of the molecule is CC(NC(=O)Cc1ccc(N)cn1)c1ccc2c(c1)OCO2.Cl. The highest BCUT2D eigenvalue weighted by atomic mass is 35.5. The highest BCUT2D eigenvalue weighted by molar-refractivity contribution is 5.85. The molecule has 0 fully saturated rings. The molecule has 1 aromatic heterocycles. The lowest BCUT2D eigenvalue weighted by atomic mass is 10.1. The van der Waals surface area contributed by atoms with Crippen LogP contribution in [0.3, 0.4) is 0 Å². The van der Waals surface area contributed by atoms with Gasteiger partial charge in [-0.1, -0.05) is 6.07 Å². The van der Waals surface area contributed by atoms with Crippen LogP contribution in [0.2, 0.25) is 0 Å². The van der Waals surface area contributed by atoms with Gasteiger partial charge in [0.15, 0.2) is 11.5 Å². The third kappa shape index (κ3) is 4.04. The number of aromatic nitrogens is 1. The van der Waals surface area contributed by atoms with Gasteiger partial charge in [-0.25, -0.2) is 0 Å². The quantitative estimate of drug-likeness (QED) is 0.894. The number of ether oxygens (including phenoxy) is 2. The zero-order valence-corrected chi connectivity index (χ0v) is 13.4. The number of nitrogen functional groups attached to an aromatic ring is 1. The molecule has 0 saturated carbocycles. The lowest BCUT2D eigenvalue weighted by Crippen LogP contribution is -2.28. The first-order valence-electron chi connectivity index (χ1n) is 7.01. The molecule has 2 heterocycles. The molecule has 1 aliphatic rings. The van der Waals surface area contributed by atoms with Gasteiger partial charge in [-0.3, -0.25) is 9.78 Å². The van der Waals surface area contributed by atoms with Crippen LogP contribution in [0.4, 0.5) is 5.69 Å². The van der Waals surface area contributed by atoms with E-state index in [9.17, 15) is 4.79 Å². The highest BCUT2D eigenvalue weighted by Crippen LogP contribution is 2.34. The van der Waals surface area contributed by atoms with Crippen molar-refractivity contribution in [2.75, 3.05) is 12.5 Å². The number of hydrogen-bond acceptors (Lipinski definition) is 5. The van der Waals surface area contributed by atoms with Crippen molar-refractivity contribution in [1.29, 1.82) is 0 Å². The van der Waals surface area contributed by atoms with Crippen molar-refractivity contribution in [2.24, 2.45) is 0 Å². The number of hydrogen-bond donors (Lipinski definition) is 2. The predicted octanol–water partition coefficient (Wildman–Crippen LogP) is 2.23. The third-order valence-corrected chi connectivity index (χ3v) is 3.46. The lowest BCUT2D eigenvalue weighted by Gasteiger charge is -2.14. The van der Waals surface area contributed by atoms with Crippen LogP contribution in [0.15, 0.2) is 36.5 Å². The van der Waals surface area contributed by atoms with Crippen molar-refractivity contribution in [2.45, 2.75) is 19.4 Å². The Balaban J connectivity index is 0.00000192. The molecule has 0 saturated heterocycles. The number of anilines is 1. The topological polar surface area (TPSA) is 86.5 Å². The van der Waals surface area contributed by atoms with Gasteiger partial charge in [0.2, 0.25) is 12.7 Å². The summed E-state index contributed by atoms with van der Waals surface area (Å²) in [6.07, 6.45) is 1.76. The van der Waals surface area contributed by atoms with E-state index < -0.39 is 0 Å². The first-order chi connectivity index (χ1) is 10.6. The largest absolute Gasteiger partial charge is 0.454 e. The number of nitrogens with one attached hydrogen (secondary N) is 1. The lowest BCUT2D eigenvalue weighted by molar-refractivity contribution is -0.121. The smallest absolute Gasteiger partial charge is 0.231 e. The predicted molar refractivity (Wildman–Crippen MR) is 88.7 cm³/mol. The van der Waals surface area contributed by atoms with Gasteiger partial charge in [0.25, 0.3) is 0 Å². The number of carbonyl (C=O) groups is 1. The maximum absolute atomic E-state index is 12.1. The van der Waals surface area contributed by atoms with E-state index in [0.29, 0.717) is 17.1 Å². The van der Waals surface area contributed by atoms with Gasteiger partial charge in [0, 0.05) is 5.69 Å². The summed E-state index contributed by atoms with van der Waals surface area (Å²) in [5.41, 5.74) is 7.80. The van der Waals surface area contributed by atoms with Crippen LogP contribution in [0.1, 0.15) is 24.2 Å². The van der Waals surface area contributed by atoms with Crippen LogP contribution in [0.25, 0.3) is 0 Å². The first kappa shape index (κ1) is 16.9. The molecule has 1 atom stereocenters. The Hall–Kier alpha value is -2.47. The van der Waals surface area contributed by atoms with Gasteiger partial charge < -0.3 is 20.5 Å². The molecule has 0 bridgehead atoms. The number of pyridine rings is 1. The molecule has 7 heteroatoms. The van der Waals surface area contributed by atoms with Gasteiger partial charge in [0.1, 0.15) is 0 Å². The van der Waals surface area contributed by atoms with E-state index in [1.807, 2.05) is 25.1 Å². The summed E-state index contributed by atoms with van der Waals surface area (Å²) in [7, 11) is 0. The van der Waals surface area contributed by atoms with E-state index in [2.05, 4.69) is 10.3 Å². The highest BCUT2D eigenvalue weighted by Gasteiger charge is 2.17. The second-order valence-corrected chi connectivity index (χ2v) is 5.16. The Labute approximate surface area is 140 Å². The minimum absolute atomic E-state index is 0. The molecule has 6 nitrogen and oxygen atoms in total. The zero-order valence-electron chi connectivity index (χ0n) is 12.6. The molecule has 0 aliphatic carbocycles.